The number of aromatic nitrogens is 1. The van der Waals surface area contributed by atoms with Crippen molar-refractivity contribution < 1.29 is 18.3 Å². The van der Waals surface area contributed by atoms with E-state index in [1.54, 1.807) is 13.0 Å². The Morgan fingerprint density at radius 3 is 2.34 bits per heavy atom. The highest BCUT2D eigenvalue weighted by molar-refractivity contribution is 7.92. The quantitative estimate of drug-likeness (QED) is 0.591. The number of hydrogen-bond acceptors (Lipinski definition) is 7. The number of nitriles is 1. The van der Waals surface area contributed by atoms with E-state index in [2.05, 4.69) is 15.8 Å². The molecule has 0 aliphatic heterocycles. The van der Waals surface area contributed by atoms with E-state index in [0.29, 0.717) is 23.2 Å². The molecule has 1 aromatic heterocycles. The Morgan fingerprint density at radius 1 is 1.25 bits per heavy atom. The van der Waals surface area contributed by atoms with Crippen molar-refractivity contribution in [3.05, 3.63) is 45.1 Å². The van der Waals surface area contributed by atoms with E-state index in [0.717, 1.165) is 22.5 Å². The number of aliphatic hydroxyl groups is 1. The predicted octanol–water partition coefficient (Wildman–Crippen LogP) is 4.10. The van der Waals surface area contributed by atoms with Crippen molar-refractivity contribution in [2.75, 3.05) is 0 Å². The zero-order valence-corrected chi connectivity index (χ0v) is 21.2. The van der Waals surface area contributed by atoms with Crippen LogP contribution in [0.5, 0.6) is 0 Å². The summed E-state index contributed by atoms with van der Waals surface area (Å²) in [6.07, 6.45) is 0.185. The van der Waals surface area contributed by atoms with Crippen LogP contribution in [0.3, 0.4) is 0 Å². The number of amides is 1. The molecule has 0 unspecified atom stereocenters. The van der Waals surface area contributed by atoms with Gasteiger partial charge < -0.3 is 5.11 Å². The van der Waals surface area contributed by atoms with Gasteiger partial charge >= 0.3 is 0 Å². The fourth-order valence-corrected chi connectivity index (χ4v) is 6.26. The summed E-state index contributed by atoms with van der Waals surface area (Å²) in [6.45, 7) is 12.7. The third-order valence-corrected chi connectivity index (χ3v) is 8.40. The molecule has 2 rings (SSSR count). The van der Waals surface area contributed by atoms with Gasteiger partial charge in [0.1, 0.15) is 10.6 Å². The fourth-order valence-electron chi connectivity index (χ4n) is 3.60. The lowest BCUT2D eigenvalue weighted by Gasteiger charge is -2.20. The Bertz CT molecular complexity index is 1150. The topological polar surface area (TPSA) is 120 Å². The number of carbonyl (C=O) groups is 1. The summed E-state index contributed by atoms with van der Waals surface area (Å²) in [5, 5.41) is 20.0. The maximum atomic E-state index is 13.0. The third kappa shape index (κ3) is 5.55. The first-order chi connectivity index (χ1) is 14.7. The second-order valence-corrected chi connectivity index (χ2v) is 11.8. The Labute approximate surface area is 194 Å². The summed E-state index contributed by atoms with van der Waals surface area (Å²) >= 11 is 0.862. The van der Waals surface area contributed by atoms with E-state index in [4.69, 9.17) is 0 Å². The first-order valence-electron chi connectivity index (χ1n) is 10.6. The van der Waals surface area contributed by atoms with Crippen LogP contribution in [0.15, 0.2) is 16.3 Å². The number of thiazole rings is 1. The molecule has 0 atom stereocenters. The van der Waals surface area contributed by atoms with E-state index >= 15 is 0 Å². The maximum absolute atomic E-state index is 13.0. The zero-order valence-electron chi connectivity index (χ0n) is 19.6. The van der Waals surface area contributed by atoms with Gasteiger partial charge in [-0.3, -0.25) is 4.79 Å². The normalized spacial score (nSPS) is 12.3. The molecule has 2 aromatic rings. The molecule has 0 radical (unpaired) electrons. The van der Waals surface area contributed by atoms with E-state index in [9.17, 15) is 23.6 Å². The number of sulfonamides is 1. The van der Waals surface area contributed by atoms with Crippen LogP contribution in [0.1, 0.15) is 93.3 Å². The summed E-state index contributed by atoms with van der Waals surface area (Å²) in [7, 11) is -4.16. The summed E-state index contributed by atoms with van der Waals surface area (Å²) in [5.74, 6) is -0.586. The van der Waals surface area contributed by atoms with Crippen LogP contribution in [0.25, 0.3) is 0 Å². The van der Waals surface area contributed by atoms with E-state index in [-0.39, 0.29) is 27.5 Å². The van der Waals surface area contributed by atoms with Crippen molar-refractivity contribution in [1.29, 1.82) is 5.26 Å². The monoisotopic (exact) mass is 477 g/mol. The molecule has 0 bridgehead atoms. The van der Waals surface area contributed by atoms with Crippen LogP contribution in [0.2, 0.25) is 0 Å². The molecule has 7 nitrogen and oxygen atoms in total. The highest BCUT2D eigenvalue weighted by Crippen LogP contribution is 2.33. The van der Waals surface area contributed by atoms with Gasteiger partial charge in [0.2, 0.25) is 5.91 Å². The van der Waals surface area contributed by atoms with Crippen molar-refractivity contribution >= 4 is 27.3 Å². The molecule has 32 heavy (non-hydrogen) atoms. The number of hydrogen-bond donors (Lipinski definition) is 2. The van der Waals surface area contributed by atoms with Crippen LogP contribution >= 0.6 is 11.3 Å². The molecule has 1 heterocycles. The van der Waals surface area contributed by atoms with Gasteiger partial charge in [-0.15, -0.1) is 11.3 Å². The van der Waals surface area contributed by atoms with Gasteiger partial charge in [-0.25, -0.2) is 18.1 Å². The van der Waals surface area contributed by atoms with Crippen LogP contribution < -0.4 is 4.72 Å². The largest absolute Gasteiger partial charge is 0.383 e. The van der Waals surface area contributed by atoms with Gasteiger partial charge in [-0.05, 0) is 54.9 Å². The smallest absolute Gasteiger partial charge is 0.275 e. The van der Waals surface area contributed by atoms with Gasteiger partial charge in [0.15, 0.2) is 4.21 Å². The minimum Gasteiger partial charge on any atom is -0.383 e. The van der Waals surface area contributed by atoms with E-state index < -0.39 is 21.5 Å². The van der Waals surface area contributed by atoms with E-state index in [1.807, 2.05) is 33.8 Å². The molecular formula is C23H31N3O4S2. The second kappa shape index (κ2) is 9.69. The molecule has 0 aliphatic rings. The maximum Gasteiger partial charge on any atom is 0.275 e. The van der Waals surface area contributed by atoms with Crippen molar-refractivity contribution in [3.8, 4) is 6.07 Å². The summed E-state index contributed by atoms with van der Waals surface area (Å²) in [6, 6.07) is 5.77. The van der Waals surface area contributed by atoms with Crippen LogP contribution in [0, 0.1) is 11.3 Å². The van der Waals surface area contributed by atoms with Crippen molar-refractivity contribution in [2.24, 2.45) is 0 Å². The lowest BCUT2D eigenvalue weighted by atomic mass is 9.84. The predicted molar refractivity (Wildman–Crippen MR) is 125 cm³/mol. The van der Waals surface area contributed by atoms with Crippen molar-refractivity contribution in [2.45, 2.75) is 83.0 Å². The molecule has 1 amide bonds. The lowest BCUT2D eigenvalue weighted by Crippen LogP contribution is -2.32. The Morgan fingerprint density at radius 2 is 1.88 bits per heavy atom. The number of rotatable bonds is 8. The minimum atomic E-state index is -4.16. The van der Waals surface area contributed by atoms with Crippen molar-refractivity contribution in [1.82, 2.24) is 9.71 Å². The number of nitrogens with one attached hydrogen (secondary N) is 1. The first kappa shape index (κ1) is 26.0. The molecule has 9 heteroatoms. The Hall–Kier alpha value is -2.28. The Balaban J connectivity index is 2.46. The number of carbonyl (C=O) groups excluding carboxylic acids is 1. The second-order valence-electron chi connectivity index (χ2n) is 8.89. The summed E-state index contributed by atoms with van der Waals surface area (Å²) in [4.78, 5) is 17.2. The van der Waals surface area contributed by atoms with Crippen molar-refractivity contribution in [3.63, 3.8) is 0 Å². The van der Waals surface area contributed by atoms with E-state index in [1.165, 1.54) is 13.8 Å². The summed E-state index contributed by atoms with van der Waals surface area (Å²) in [5.41, 5.74) is 1.88. The lowest BCUT2D eigenvalue weighted by molar-refractivity contribution is -0.118. The standard InChI is InChI=1S/C23H31N3O4S2/c1-8-18-21(31-22(25-18)23(6,7)28)32(29,30)26-19(27)11-17-16(13(2)3)10-9-15(12-24)20(17)14(4)5/h9-10,13-14,28H,8,11H2,1-7H3,(H,26,27). The molecule has 0 aliphatic carbocycles. The average Bonchev–Trinajstić information content (AvgIpc) is 3.12. The molecule has 1 aromatic carbocycles. The average molecular weight is 478 g/mol. The van der Waals surface area contributed by atoms with Gasteiger partial charge in [0.25, 0.3) is 10.0 Å². The molecule has 0 saturated heterocycles. The number of nitrogens with zero attached hydrogens (tertiary/aromatic N) is 2. The van der Waals surface area contributed by atoms with Gasteiger partial charge in [0, 0.05) is 0 Å². The highest BCUT2D eigenvalue weighted by Gasteiger charge is 2.30. The molecule has 0 fully saturated rings. The van der Waals surface area contributed by atoms with Gasteiger partial charge in [-0.1, -0.05) is 40.7 Å². The third-order valence-electron chi connectivity index (χ3n) is 5.06. The Kier molecular flexibility index (Phi) is 7.87. The van der Waals surface area contributed by atoms with Gasteiger partial charge in [0.05, 0.1) is 23.7 Å². The minimum absolute atomic E-state index is 0.00899. The zero-order chi connectivity index (χ0) is 24.4. The molecule has 174 valence electrons. The summed E-state index contributed by atoms with van der Waals surface area (Å²) < 4.78 is 28.1. The fraction of sp³-hybridized carbons (Fsp3) is 0.522. The van der Waals surface area contributed by atoms with Crippen LogP contribution in [0.4, 0.5) is 0 Å². The highest BCUT2D eigenvalue weighted by atomic mass is 32.2. The van der Waals surface area contributed by atoms with Gasteiger partial charge in [-0.2, -0.15) is 5.26 Å². The molecule has 0 spiro atoms. The van der Waals surface area contributed by atoms with Crippen LogP contribution in [-0.2, 0) is 33.3 Å². The number of aryl methyl sites for hydroxylation is 1. The van der Waals surface area contributed by atoms with Crippen LogP contribution in [-0.4, -0.2) is 24.4 Å². The molecule has 0 saturated carbocycles. The number of benzene rings is 1. The molecule has 2 N–H and O–H groups in total. The SMILES string of the molecule is CCc1nc(C(C)(C)O)sc1S(=O)(=O)NC(=O)Cc1c(C(C)C)ccc(C#N)c1C(C)C. The first-order valence-corrected chi connectivity index (χ1v) is 12.9. The molecular weight excluding hydrogens is 446 g/mol.